The standard InChI is InChI=1S/C7H13OP/c1-6(9-8)5-7(2,3)4/h5H,1-4H3. The van der Waals surface area contributed by atoms with Crippen LogP contribution in [0.25, 0.3) is 0 Å². The fourth-order valence-corrected chi connectivity index (χ4v) is 1.09. The lowest BCUT2D eigenvalue weighted by Crippen LogP contribution is -1.98. The Balaban J connectivity index is 4.11. The van der Waals surface area contributed by atoms with Crippen molar-refractivity contribution in [2.75, 3.05) is 0 Å². The van der Waals surface area contributed by atoms with Gasteiger partial charge in [-0.1, -0.05) is 26.8 Å². The highest BCUT2D eigenvalue weighted by atomic mass is 31.1. The van der Waals surface area contributed by atoms with E-state index in [1.54, 1.807) is 0 Å². The van der Waals surface area contributed by atoms with Crippen LogP contribution < -0.4 is 0 Å². The predicted octanol–water partition coefficient (Wildman–Crippen LogP) is 3.23. The maximum absolute atomic E-state index is 10.2. The molecule has 1 nitrogen and oxygen atoms in total. The molecule has 0 amide bonds. The van der Waals surface area contributed by atoms with E-state index < -0.39 is 0 Å². The van der Waals surface area contributed by atoms with Crippen molar-refractivity contribution in [2.24, 2.45) is 5.41 Å². The molecular weight excluding hydrogens is 131 g/mol. The lowest BCUT2D eigenvalue weighted by molar-refractivity contribution is 0.541. The van der Waals surface area contributed by atoms with Crippen LogP contribution in [0.3, 0.4) is 0 Å². The van der Waals surface area contributed by atoms with Crippen LogP contribution in [-0.2, 0) is 4.57 Å². The van der Waals surface area contributed by atoms with Crippen molar-refractivity contribution in [3.05, 3.63) is 11.4 Å². The molecule has 52 valence electrons. The highest BCUT2D eigenvalue weighted by Crippen LogP contribution is 2.21. The molecule has 0 aliphatic heterocycles. The number of hydrogen-bond acceptors (Lipinski definition) is 1. The Morgan fingerprint density at radius 2 is 1.89 bits per heavy atom. The van der Waals surface area contributed by atoms with E-state index in [0.29, 0.717) is 0 Å². The van der Waals surface area contributed by atoms with Crippen LogP contribution in [0.15, 0.2) is 11.4 Å². The Morgan fingerprint density at radius 3 is 2.00 bits per heavy atom. The van der Waals surface area contributed by atoms with Gasteiger partial charge in [0.2, 0.25) is 0 Å². The molecule has 0 unspecified atom stereocenters. The molecule has 2 heteroatoms. The van der Waals surface area contributed by atoms with Crippen molar-refractivity contribution in [1.29, 1.82) is 0 Å². The van der Waals surface area contributed by atoms with Crippen molar-refractivity contribution in [3.8, 4) is 0 Å². The third-order valence-corrected chi connectivity index (χ3v) is 1.20. The van der Waals surface area contributed by atoms with Gasteiger partial charge >= 0.3 is 0 Å². The summed E-state index contributed by atoms with van der Waals surface area (Å²) in [7, 11) is 0.139. The zero-order chi connectivity index (χ0) is 7.49. The van der Waals surface area contributed by atoms with E-state index in [2.05, 4.69) is 20.8 Å². The smallest absolute Gasteiger partial charge is 0.187 e. The molecule has 0 aliphatic rings. The van der Waals surface area contributed by atoms with Crippen molar-refractivity contribution >= 4 is 8.46 Å². The van der Waals surface area contributed by atoms with E-state index in [4.69, 9.17) is 0 Å². The van der Waals surface area contributed by atoms with Gasteiger partial charge in [0.05, 0.1) is 0 Å². The molecule has 0 aromatic heterocycles. The topological polar surface area (TPSA) is 17.1 Å². The summed E-state index contributed by atoms with van der Waals surface area (Å²) in [6, 6.07) is 0. The zero-order valence-corrected chi connectivity index (χ0v) is 7.33. The molecule has 0 N–H and O–H groups in total. The number of allylic oxidation sites excluding steroid dienone is 2. The van der Waals surface area contributed by atoms with Gasteiger partial charge in [-0.3, -0.25) is 4.57 Å². The van der Waals surface area contributed by atoms with Crippen molar-refractivity contribution in [2.45, 2.75) is 27.7 Å². The van der Waals surface area contributed by atoms with E-state index >= 15 is 0 Å². The minimum atomic E-state index is 0.139. The predicted molar refractivity (Wildman–Crippen MR) is 40.8 cm³/mol. The maximum atomic E-state index is 10.2. The van der Waals surface area contributed by atoms with Crippen LogP contribution in [-0.4, -0.2) is 0 Å². The monoisotopic (exact) mass is 144 g/mol. The Hall–Kier alpha value is -0.160. The molecule has 0 aromatic rings. The van der Waals surface area contributed by atoms with Crippen LogP contribution in [0.2, 0.25) is 0 Å². The Bertz CT molecular complexity index is 130. The third kappa shape index (κ3) is 5.72. The van der Waals surface area contributed by atoms with E-state index in [-0.39, 0.29) is 13.9 Å². The van der Waals surface area contributed by atoms with Gasteiger partial charge in [0.15, 0.2) is 8.46 Å². The quantitative estimate of drug-likeness (QED) is 0.516. The summed E-state index contributed by atoms with van der Waals surface area (Å²) in [5, 5.41) is 0.905. The van der Waals surface area contributed by atoms with E-state index in [9.17, 15) is 4.57 Å². The maximum Gasteiger partial charge on any atom is 0.187 e. The highest BCUT2D eigenvalue weighted by Gasteiger charge is 2.05. The molecule has 0 rings (SSSR count). The second-order valence-electron chi connectivity index (χ2n) is 3.24. The minimum Gasteiger partial charge on any atom is -0.270 e. The summed E-state index contributed by atoms with van der Waals surface area (Å²) in [6.07, 6.45) is 2.00. The van der Waals surface area contributed by atoms with Crippen LogP contribution in [0.5, 0.6) is 0 Å². The number of rotatable bonds is 1. The first-order chi connectivity index (χ1) is 3.95. The average molecular weight is 144 g/mol. The molecule has 0 fully saturated rings. The minimum absolute atomic E-state index is 0.139. The third-order valence-electron chi connectivity index (χ3n) is 0.786. The Labute approximate surface area is 58.4 Å². The lowest BCUT2D eigenvalue weighted by Gasteiger charge is -2.11. The fourth-order valence-electron chi connectivity index (χ4n) is 0.653. The van der Waals surface area contributed by atoms with Crippen LogP contribution >= 0.6 is 8.46 Å². The molecule has 0 aromatic carbocycles. The summed E-state index contributed by atoms with van der Waals surface area (Å²) in [6.45, 7) is 8.12. The van der Waals surface area contributed by atoms with Gasteiger partial charge < -0.3 is 0 Å². The Morgan fingerprint density at radius 1 is 1.44 bits per heavy atom. The Kier molecular flexibility index (Phi) is 3.07. The first-order valence-electron chi connectivity index (χ1n) is 2.98. The van der Waals surface area contributed by atoms with Gasteiger partial charge in [-0.15, -0.1) is 0 Å². The van der Waals surface area contributed by atoms with Crippen molar-refractivity contribution in [3.63, 3.8) is 0 Å². The van der Waals surface area contributed by atoms with Gasteiger partial charge in [0, 0.05) is 5.31 Å². The molecular formula is C7H13OP. The fraction of sp³-hybridized carbons (Fsp3) is 0.714. The first-order valence-corrected chi connectivity index (χ1v) is 3.80. The first kappa shape index (κ1) is 8.84. The second kappa shape index (κ2) is 3.12. The molecule has 0 heterocycles. The number of hydrogen-bond donors (Lipinski definition) is 0. The van der Waals surface area contributed by atoms with Crippen molar-refractivity contribution < 1.29 is 4.57 Å². The molecule has 0 atom stereocenters. The van der Waals surface area contributed by atoms with Gasteiger partial charge in [0.1, 0.15) is 0 Å². The largest absolute Gasteiger partial charge is 0.270 e. The van der Waals surface area contributed by atoms with Gasteiger partial charge in [-0.05, 0) is 12.3 Å². The van der Waals surface area contributed by atoms with Crippen LogP contribution in [0.1, 0.15) is 27.7 Å². The highest BCUT2D eigenvalue weighted by molar-refractivity contribution is 7.29. The molecule has 9 heavy (non-hydrogen) atoms. The van der Waals surface area contributed by atoms with Crippen LogP contribution in [0.4, 0.5) is 0 Å². The lowest BCUT2D eigenvalue weighted by atomic mass is 9.96. The second-order valence-corrected chi connectivity index (χ2v) is 4.13. The normalized spacial score (nSPS) is 14.4. The van der Waals surface area contributed by atoms with E-state index in [1.165, 1.54) is 0 Å². The van der Waals surface area contributed by atoms with E-state index in [0.717, 1.165) is 5.31 Å². The van der Waals surface area contributed by atoms with Gasteiger partial charge in [-0.25, -0.2) is 0 Å². The zero-order valence-electron chi connectivity index (χ0n) is 6.43. The summed E-state index contributed by atoms with van der Waals surface area (Å²) in [4.78, 5) is 0. The SMILES string of the molecule is CC(=CC(C)(C)C)P=O. The summed E-state index contributed by atoms with van der Waals surface area (Å²) < 4.78 is 10.2. The summed E-state index contributed by atoms with van der Waals surface area (Å²) in [5.41, 5.74) is 0.154. The molecule has 0 saturated heterocycles. The summed E-state index contributed by atoms with van der Waals surface area (Å²) >= 11 is 0. The van der Waals surface area contributed by atoms with Crippen molar-refractivity contribution in [1.82, 2.24) is 0 Å². The average Bonchev–Trinajstić information content (AvgIpc) is 1.62. The van der Waals surface area contributed by atoms with Gasteiger partial charge in [0.25, 0.3) is 0 Å². The van der Waals surface area contributed by atoms with E-state index in [1.807, 2.05) is 13.0 Å². The summed E-state index contributed by atoms with van der Waals surface area (Å²) in [5.74, 6) is 0. The molecule has 0 saturated carbocycles. The van der Waals surface area contributed by atoms with Gasteiger partial charge in [-0.2, -0.15) is 0 Å². The molecule has 0 radical (unpaired) electrons. The molecule has 0 aliphatic carbocycles. The molecule has 0 bridgehead atoms. The van der Waals surface area contributed by atoms with Crippen LogP contribution in [0, 0.1) is 5.41 Å². The molecule has 0 spiro atoms.